The first kappa shape index (κ1) is 15.0. The van der Waals surface area contributed by atoms with Crippen LogP contribution in [0.5, 0.6) is 0 Å². The first-order valence-corrected chi connectivity index (χ1v) is 5.98. The van der Waals surface area contributed by atoms with Gasteiger partial charge in [-0.1, -0.05) is 0 Å². The second-order valence-corrected chi connectivity index (χ2v) is 4.44. The molecule has 0 aliphatic heterocycles. The predicted octanol–water partition coefficient (Wildman–Crippen LogP) is 0.617. The zero-order chi connectivity index (χ0) is 14.6. The van der Waals surface area contributed by atoms with E-state index in [0.717, 1.165) is 12.3 Å². The molecule has 0 fully saturated rings. The van der Waals surface area contributed by atoms with Crippen LogP contribution in [0, 0.1) is 10.1 Å². The summed E-state index contributed by atoms with van der Waals surface area (Å²) in [5.41, 5.74) is 0.0393. The minimum absolute atomic E-state index is 0.0393. The van der Waals surface area contributed by atoms with Gasteiger partial charge in [0, 0.05) is 13.1 Å². The average Bonchev–Trinajstić information content (AvgIpc) is 2.37. The largest absolute Gasteiger partial charge is 0.364 e. The van der Waals surface area contributed by atoms with Crippen molar-refractivity contribution in [2.75, 3.05) is 7.05 Å². The molecule has 1 aromatic rings. The minimum Gasteiger partial charge on any atom is -0.358 e. The average molecular weight is 331 g/mol. The van der Waals surface area contributed by atoms with Gasteiger partial charge in [-0.2, -0.15) is 0 Å². The lowest BCUT2D eigenvalue weighted by Gasteiger charge is -2.12. The Morgan fingerprint density at radius 3 is 2.68 bits per heavy atom. The lowest BCUT2D eigenvalue weighted by Crippen LogP contribution is -2.43. The minimum atomic E-state index is -0.753. The number of rotatable bonds is 4. The molecule has 0 aliphatic rings. The SMILES string of the molecule is CNC(=O)C(C)NC(=O)c1cc([N+](=O)[O-])ncc1Br. The van der Waals surface area contributed by atoms with Crippen LogP contribution < -0.4 is 10.6 Å². The molecule has 1 heterocycles. The van der Waals surface area contributed by atoms with Crippen molar-refractivity contribution < 1.29 is 14.5 Å². The Bertz CT molecular complexity index is 534. The fourth-order valence-corrected chi connectivity index (χ4v) is 1.65. The molecular weight excluding hydrogens is 320 g/mol. The van der Waals surface area contributed by atoms with Crippen LogP contribution in [0.4, 0.5) is 5.82 Å². The van der Waals surface area contributed by atoms with Gasteiger partial charge >= 0.3 is 5.82 Å². The second kappa shape index (κ2) is 6.23. The Morgan fingerprint density at radius 2 is 2.16 bits per heavy atom. The maximum absolute atomic E-state index is 11.9. The van der Waals surface area contributed by atoms with E-state index in [-0.39, 0.29) is 11.5 Å². The third-order valence-corrected chi connectivity index (χ3v) is 2.89. The predicted molar refractivity (Wildman–Crippen MR) is 69.6 cm³/mol. The van der Waals surface area contributed by atoms with E-state index in [2.05, 4.69) is 31.5 Å². The first-order valence-electron chi connectivity index (χ1n) is 5.19. The molecular formula is C10H11BrN4O4. The Morgan fingerprint density at radius 1 is 1.53 bits per heavy atom. The molecule has 1 rings (SSSR count). The van der Waals surface area contributed by atoms with Crippen molar-refractivity contribution in [2.24, 2.45) is 0 Å². The van der Waals surface area contributed by atoms with Crippen LogP contribution in [0.3, 0.4) is 0 Å². The number of halogens is 1. The van der Waals surface area contributed by atoms with Crippen molar-refractivity contribution in [1.29, 1.82) is 0 Å². The number of aromatic nitrogens is 1. The molecule has 8 nitrogen and oxygen atoms in total. The maximum atomic E-state index is 11.9. The summed E-state index contributed by atoms with van der Waals surface area (Å²) in [5, 5.41) is 15.4. The highest BCUT2D eigenvalue weighted by Gasteiger charge is 2.20. The van der Waals surface area contributed by atoms with Crippen LogP contribution in [-0.4, -0.2) is 34.8 Å². The van der Waals surface area contributed by atoms with Crippen molar-refractivity contribution in [3.05, 3.63) is 32.4 Å². The molecule has 0 aliphatic carbocycles. The third kappa shape index (κ3) is 3.71. The lowest BCUT2D eigenvalue weighted by molar-refractivity contribution is -0.389. The lowest BCUT2D eigenvalue weighted by atomic mass is 10.2. The van der Waals surface area contributed by atoms with Gasteiger partial charge in [0.1, 0.15) is 6.04 Å². The summed E-state index contributed by atoms with van der Waals surface area (Å²) in [6.45, 7) is 1.50. The quantitative estimate of drug-likeness (QED) is 0.620. The number of hydrogen-bond acceptors (Lipinski definition) is 5. The molecule has 1 aromatic heterocycles. The summed E-state index contributed by atoms with van der Waals surface area (Å²) in [6.07, 6.45) is 1.16. The monoisotopic (exact) mass is 330 g/mol. The standard InChI is InChI=1S/C10H11BrN4O4/c1-5(9(16)12-2)14-10(17)6-3-8(15(18)19)13-4-7(6)11/h3-5H,1-2H3,(H,12,16)(H,14,17). The zero-order valence-corrected chi connectivity index (χ0v) is 11.7. The summed E-state index contributed by atoms with van der Waals surface area (Å²) >= 11 is 3.08. The van der Waals surface area contributed by atoms with Crippen molar-refractivity contribution in [2.45, 2.75) is 13.0 Å². The summed E-state index contributed by atoms with van der Waals surface area (Å²) in [5.74, 6) is -1.41. The number of carbonyl (C=O) groups is 2. The summed E-state index contributed by atoms with van der Waals surface area (Å²) < 4.78 is 0.305. The Balaban J connectivity index is 2.96. The molecule has 1 unspecified atom stereocenters. The third-order valence-electron chi connectivity index (χ3n) is 2.26. The van der Waals surface area contributed by atoms with Gasteiger partial charge in [0.05, 0.1) is 10.0 Å². The van der Waals surface area contributed by atoms with Crippen LogP contribution in [0.1, 0.15) is 17.3 Å². The van der Waals surface area contributed by atoms with E-state index in [0.29, 0.717) is 4.47 Å². The molecule has 102 valence electrons. The van der Waals surface area contributed by atoms with E-state index >= 15 is 0 Å². The van der Waals surface area contributed by atoms with E-state index < -0.39 is 22.7 Å². The first-order chi connectivity index (χ1) is 8.86. The van der Waals surface area contributed by atoms with E-state index in [4.69, 9.17) is 0 Å². The van der Waals surface area contributed by atoms with Gasteiger partial charge < -0.3 is 20.7 Å². The van der Waals surface area contributed by atoms with Gasteiger partial charge in [-0.05, 0) is 32.8 Å². The van der Waals surface area contributed by atoms with Gasteiger partial charge in [0.2, 0.25) is 5.91 Å². The number of nitrogens with zero attached hydrogens (tertiary/aromatic N) is 2. The molecule has 19 heavy (non-hydrogen) atoms. The molecule has 1 atom stereocenters. The molecule has 2 N–H and O–H groups in total. The molecule has 9 heteroatoms. The molecule has 2 amide bonds. The number of likely N-dealkylation sites (N-methyl/N-ethyl adjacent to an activating group) is 1. The topological polar surface area (TPSA) is 114 Å². The number of pyridine rings is 1. The zero-order valence-electron chi connectivity index (χ0n) is 10.1. The highest BCUT2D eigenvalue weighted by atomic mass is 79.9. The van der Waals surface area contributed by atoms with Gasteiger partial charge in [-0.25, -0.2) is 0 Å². The van der Waals surface area contributed by atoms with Crippen molar-refractivity contribution in [1.82, 2.24) is 15.6 Å². The fourth-order valence-electron chi connectivity index (χ4n) is 1.26. The maximum Gasteiger partial charge on any atom is 0.364 e. The van der Waals surface area contributed by atoms with E-state index in [9.17, 15) is 19.7 Å². The molecule has 0 aromatic carbocycles. The second-order valence-electron chi connectivity index (χ2n) is 3.59. The van der Waals surface area contributed by atoms with Crippen molar-refractivity contribution in [3.63, 3.8) is 0 Å². The summed E-state index contributed by atoms with van der Waals surface area (Å²) in [7, 11) is 1.44. The van der Waals surface area contributed by atoms with Crippen LogP contribution >= 0.6 is 15.9 Å². The normalized spacial score (nSPS) is 11.5. The summed E-state index contributed by atoms with van der Waals surface area (Å²) in [6, 6.07) is 0.285. The number of nitrogens with one attached hydrogen (secondary N) is 2. The van der Waals surface area contributed by atoms with E-state index in [1.165, 1.54) is 14.0 Å². The number of carbonyl (C=O) groups excluding carboxylic acids is 2. The highest BCUT2D eigenvalue weighted by Crippen LogP contribution is 2.19. The van der Waals surface area contributed by atoms with Gasteiger partial charge in [0.25, 0.3) is 5.91 Å². The number of hydrogen-bond donors (Lipinski definition) is 2. The van der Waals surface area contributed by atoms with Crippen LogP contribution in [0.15, 0.2) is 16.7 Å². The van der Waals surface area contributed by atoms with Crippen molar-refractivity contribution >= 4 is 33.6 Å². The number of nitro groups is 1. The molecule has 0 bridgehead atoms. The smallest absolute Gasteiger partial charge is 0.358 e. The molecule has 0 radical (unpaired) electrons. The van der Waals surface area contributed by atoms with E-state index in [1.54, 1.807) is 0 Å². The van der Waals surface area contributed by atoms with Gasteiger partial charge in [-0.3, -0.25) is 9.59 Å². The Kier molecular flexibility index (Phi) is 4.93. The number of amides is 2. The molecule has 0 spiro atoms. The van der Waals surface area contributed by atoms with Gasteiger partial charge in [0.15, 0.2) is 6.20 Å². The van der Waals surface area contributed by atoms with Crippen LogP contribution in [0.25, 0.3) is 0 Å². The Labute approximate surface area is 116 Å². The Hall–Kier alpha value is -2.03. The van der Waals surface area contributed by atoms with Crippen LogP contribution in [-0.2, 0) is 4.79 Å². The molecule has 0 saturated carbocycles. The summed E-state index contributed by atoms with van der Waals surface area (Å²) in [4.78, 5) is 36.6. The van der Waals surface area contributed by atoms with E-state index in [1.807, 2.05) is 0 Å². The van der Waals surface area contributed by atoms with Crippen molar-refractivity contribution in [3.8, 4) is 0 Å². The highest BCUT2D eigenvalue weighted by molar-refractivity contribution is 9.10. The fraction of sp³-hybridized carbons (Fsp3) is 0.300. The van der Waals surface area contributed by atoms with Gasteiger partial charge in [-0.15, -0.1) is 0 Å². The van der Waals surface area contributed by atoms with Crippen LogP contribution in [0.2, 0.25) is 0 Å². The molecule has 0 saturated heterocycles.